The smallest absolute Gasteiger partial charge is 0.315 e. The van der Waals surface area contributed by atoms with E-state index in [9.17, 15) is 9.59 Å². The van der Waals surface area contributed by atoms with E-state index in [0.29, 0.717) is 12.5 Å². The molecule has 0 aromatic heterocycles. The molecule has 2 amide bonds. The molecule has 4 atom stereocenters. The maximum atomic E-state index is 11.9. The van der Waals surface area contributed by atoms with Crippen molar-refractivity contribution >= 4 is 12.0 Å². The summed E-state index contributed by atoms with van der Waals surface area (Å²) in [6.07, 6.45) is 5.74. The Kier molecular flexibility index (Phi) is 4.65. The van der Waals surface area contributed by atoms with Gasteiger partial charge < -0.3 is 20.6 Å². The monoisotopic (exact) mass is 281 g/mol. The summed E-state index contributed by atoms with van der Waals surface area (Å²) in [5.74, 6) is -1.32. The minimum atomic E-state index is -0.838. The van der Waals surface area contributed by atoms with Crippen LogP contribution < -0.4 is 10.6 Å². The molecule has 1 aliphatic carbocycles. The maximum absolute atomic E-state index is 11.9. The number of piperidine rings is 1. The quantitative estimate of drug-likeness (QED) is 0.668. The van der Waals surface area contributed by atoms with Gasteiger partial charge in [-0.15, -0.1) is 0 Å². The molecule has 20 heavy (non-hydrogen) atoms. The number of urea groups is 1. The summed E-state index contributed by atoms with van der Waals surface area (Å²) in [6.45, 7) is 3.14. The van der Waals surface area contributed by atoms with Crippen molar-refractivity contribution in [3.05, 3.63) is 12.2 Å². The van der Waals surface area contributed by atoms with Gasteiger partial charge in [-0.2, -0.15) is 0 Å². The van der Waals surface area contributed by atoms with Crippen molar-refractivity contribution < 1.29 is 14.7 Å². The molecule has 0 aromatic rings. The van der Waals surface area contributed by atoms with Gasteiger partial charge in [0.25, 0.3) is 0 Å². The van der Waals surface area contributed by atoms with Gasteiger partial charge in [-0.3, -0.25) is 4.79 Å². The molecule has 0 aromatic carbocycles. The summed E-state index contributed by atoms with van der Waals surface area (Å²) in [6, 6.07) is 0.283. The number of carboxylic acids is 1. The van der Waals surface area contributed by atoms with Crippen LogP contribution in [0.1, 0.15) is 26.2 Å². The molecular weight excluding hydrogens is 258 g/mol. The van der Waals surface area contributed by atoms with Crippen LogP contribution in [-0.4, -0.2) is 53.7 Å². The van der Waals surface area contributed by atoms with Gasteiger partial charge in [-0.1, -0.05) is 12.2 Å². The number of likely N-dealkylation sites (tertiary alicyclic amines) is 1. The van der Waals surface area contributed by atoms with Gasteiger partial charge in [-0.05, 0) is 33.2 Å². The van der Waals surface area contributed by atoms with E-state index in [2.05, 4.69) is 29.5 Å². The number of amides is 2. The number of hydrogen-bond donors (Lipinski definition) is 3. The highest BCUT2D eigenvalue weighted by molar-refractivity contribution is 5.76. The topological polar surface area (TPSA) is 81.7 Å². The van der Waals surface area contributed by atoms with Crippen LogP contribution in [0.5, 0.6) is 0 Å². The molecule has 0 spiro atoms. The normalized spacial score (nSPS) is 33.9. The van der Waals surface area contributed by atoms with Crippen LogP contribution >= 0.6 is 0 Å². The highest BCUT2D eigenvalue weighted by Crippen LogP contribution is 2.18. The van der Waals surface area contributed by atoms with E-state index in [-0.39, 0.29) is 18.1 Å². The summed E-state index contributed by atoms with van der Waals surface area (Å²) in [5, 5.41) is 14.7. The minimum absolute atomic E-state index is 0.181. The fourth-order valence-electron chi connectivity index (χ4n) is 2.81. The summed E-state index contributed by atoms with van der Waals surface area (Å²) in [5.41, 5.74) is 0. The van der Waals surface area contributed by atoms with Crippen molar-refractivity contribution in [3.63, 3.8) is 0 Å². The number of aliphatic carboxylic acids is 1. The number of hydrogen-bond acceptors (Lipinski definition) is 3. The Morgan fingerprint density at radius 3 is 2.60 bits per heavy atom. The van der Waals surface area contributed by atoms with E-state index < -0.39 is 11.9 Å². The molecule has 1 fully saturated rings. The number of nitrogens with one attached hydrogen (secondary N) is 2. The fourth-order valence-corrected chi connectivity index (χ4v) is 2.81. The summed E-state index contributed by atoms with van der Waals surface area (Å²) in [4.78, 5) is 25.0. The third-order valence-electron chi connectivity index (χ3n) is 4.26. The van der Waals surface area contributed by atoms with Gasteiger partial charge in [0.2, 0.25) is 0 Å². The first-order valence-electron chi connectivity index (χ1n) is 7.14. The standard InChI is InChI=1S/C14H23N3O3/c1-9-7-12(5-6-17(9)2)16-14(20)15-11-4-3-10(8-11)13(18)19/h3-4,9-12H,5-8H2,1-2H3,(H,18,19)(H2,15,16,20). The molecular formula is C14H23N3O3. The molecule has 2 rings (SSSR count). The van der Waals surface area contributed by atoms with Crippen LogP contribution in [0.4, 0.5) is 4.79 Å². The van der Waals surface area contributed by atoms with Crippen molar-refractivity contribution in [2.45, 2.75) is 44.3 Å². The minimum Gasteiger partial charge on any atom is -0.481 e. The van der Waals surface area contributed by atoms with E-state index >= 15 is 0 Å². The molecule has 6 nitrogen and oxygen atoms in total. The lowest BCUT2D eigenvalue weighted by molar-refractivity contribution is -0.140. The molecule has 1 aliphatic heterocycles. The fraction of sp³-hybridized carbons (Fsp3) is 0.714. The third-order valence-corrected chi connectivity index (χ3v) is 4.26. The number of rotatable bonds is 3. The average molecular weight is 281 g/mol. The van der Waals surface area contributed by atoms with Crippen LogP contribution in [0.2, 0.25) is 0 Å². The Labute approximate surface area is 119 Å². The number of carboxylic acid groups (broad SMARTS) is 1. The average Bonchev–Trinajstić information content (AvgIpc) is 2.82. The van der Waals surface area contributed by atoms with Crippen LogP contribution in [-0.2, 0) is 4.79 Å². The number of carbonyl (C=O) groups is 2. The van der Waals surface area contributed by atoms with Gasteiger partial charge in [-0.25, -0.2) is 4.79 Å². The third kappa shape index (κ3) is 3.72. The zero-order chi connectivity index (χ0) is 14.7. The molecule has 0 bridgehead atoms. The second kappa shape index (κ2) is 6.26. The van der Waals surface area contributed by atoms with E-state index in [0.717, 1.165) is 19.4 Å². The summed E-state index contributed by atoms with van der Waals surface area (Å²) in [7, 11) is 2.09. The lowest BCUT2D eigenvalue weighted by Gasteiger charge is -2.35. The van der Waals surface area contributed by atoms with Crippen molar-refractivity contribution in [1.82, 2.24) is 15.5 Å². The highest BCUT2D eigenvalue weighted by Gasteiger charge is 2.27. The first kappa shape index (κ1) is 14.8. The molecule has 0 saturated carbocycles. The van der Waals surface area contributed by atoms with Crippen LogP contribution in [0, 0.1) is 5.92 Å². The Hall–Kier alpha value is -1.56. The van der Waals surface area contributed by atoms with Crippen LogP contribution in [0.25, 0.3) is 0 Å². The second-order valence-electron chi connectivity index (χ2n) is 5.84. The van der Waals surface area contributed by atoms with Crippen molar-refractivity contribution in [3.8, 4) is 0 Å². The molecule has 1 saturated heterocycles. The van der Waals surface area contributed by atoms with Gasteiger partial charge in [0, 0.05) is 18.6 Å². The van der Waals surface area contributed by atoms with E-state index in [1.165, 1.54) is 0 Å². The van der Waals surface area contributed by atoms with E-state index in [1.807, 2.05) is 0 Å². The predicted octanol–water partition coefficient (Wildman–Crippen LogP) is 0.798. The molecule has 2 aliphatic rings. The summed E-state index contributed by atoms with van der Waals surface area (Å²) >= 11 is 0. The van der Waals surface area contributed by atoms with Gasteiger partial charge >= 0.3 is 12.0 Å². The lowest BCUT2D eigenvalue weighted by atomic mass is 9.99. The van der Waals surface area contributed by atoms with Gasteiger partial charge in [0.1, 0.15) is 0 Å². The Morgan fingerprint density at radius 2 is 2.00 bits per heavy atom. The predicted molar refractivity (Wildman–Crippen MR) is 75.5 cm³/mol. The van der Waals surface area contributed by atoms with Crippen molar-refractivity contribution in [1.29, 1.82) is 0 Å². The van der Waals surface area contributed by atoms with Crippen LogP contribution in [0.15, 0.2) is 12.2 Å². The van der Waals surface area contributed by atoms with E-state index in [4.69, 9.17) is 5.11 Å². The zero-order valence-electron chi connectivity index (χ0n) is 12.0. The maximum Gasteiger partial charge on any atom is 0.315 e. The largest absolute Gasteiger partial charge is 0.481 e. The highest BCUT2D eigenvalue weighted by atomic mass is 16.4. The van der Waals surface area contributed by atoms with E-state index in [1.54, 1.807) is 12.2 Å². The Bertz CT molecular complexity index is 410. The second-order valence-corrected chi connectivity index (χ2v) is 5.84. The summed E-state index contributed by atoms with van der Waals surface area (Å²) < 4.78 is 0. The molecule has 0 radical (unpaired) electrons. The Morgan fingerprint density at radius 1 is 1.25 bits per heavy atom. The van der Waals surface area contributed by atoms with Gasteiger partial charge in [0.15, 0.2) is 0 Å². The molecule has 3 N–H and O–H groups in total. The molecule has 6 heteroatoms. The molecule has 1 heterocycles. The number of carbonyl (C=O) groups excluding carboxylic acids is 1. The first-order chi connectivity index (χ1) is 9.45. The number of nitrogens with zero attached hydrogens (tertiary/aromatic N) is 1. The van der Waals surface area contributed by atoms with Crippen molar-refractivity contribution in [2.75, 3.05) is 13.6 Å². The van der Waals surface area contributed by atoms with Gasteiger partial charge in [0.05, 0.1) is 12.0 Å². The first-order valence-corrected chi connectivity index (χ1v) is 7.14. The molecule has 4 unspecified atom stereocenters. The van der Waals surface area contributed by atoms with Crippen LogP contribution in [0.3, 0.4) is 0 Å². The SMILES string of the molecule is CC1CC(NC(=O)NC2C=CC(C(=O)O)C2)CCN1C. The lowest BCUT2D eigenvalue weighted by Crippen LogP contribution is -2.51. The zero-order valence-corrected chi connectivity index (χ0v) is 12.0. The molecule has 112 valence electrons. The Balaban J connectivity index is 1.74. The van der Waals surface area contributed by atoms with Crippen molar-refractivity contribution in [2.24, 2.45) is 5.92 Å².